The number of carbonyl (C=O) groups is 2. The van der Waals surface area contributed by atoms with Gasteiger partial charge in [-0.2, -0.15) is 0 Å². The number of rotatable bonds is 3. The van der Waals surface area contributed by atoms with Crippen molar-refractivity contribution >= 4 is 11.9 Å². The SMILES string of the molecule is CC(C(=O)N1CCC[C@H]1C(=O)O)N1CCCCCC1. The first-order valence-corrected chi connectivity index (χ1v) is 7.38. The molecule has 0 saturated carbocycles. The maximum Gasteiger partial charge on any atom is 0.326 e. The fraction of sp³-hybridized carbons (Fsp3) is 0.857. The molecule has 1 amide bonds. The normalized spacial score (nSPS) is 27.0. The molecule has 2 aliphatic rings. The second-order valence-corrected chi connectivity index (χ2v) is 5.65. The van der Waals surface area contributed by atoms with Crippen LogP contribution in [0.3, 0.4) is 0 Å². The van der Waals surface area contributed by atoms with E-state index < -0.39 is 12.0 Å². The van der Waals surface area contributed by atoms with Crippen molar-refractivity contribution in [2.24, 2.45) is 0 Å². The number of amides is 1. The van der Waals surface area contributed by atoms with Crippen LogP contribution in [0.2, 0.25) is 0 Å². The minimum atomic E-state index is -0.867. The molecule has 108 valence electrons. The monoisotopic (exact) mass is 268 g/mol. The van der Waals surface area contributed by atoms with E-state index in [-0.39, 0.29) is 11.9 Å². The van der Waals surface area contributed by atoms with Crippen LogP contribution in [0.25, 0.3) is 0 Å². The molecule has 1 unspecified atom stereocenters. The van der Waals surface area contributed by atoms with E-state index >= 15 is 0 Å². The lowest BCUT2D eigenvalue weighted by atomic mass is 10.2. The van der Waals surface area contributed by atoms with Gasteiger partial charge in [-0.1, -0.05) is 12.8 Å². The Kier molecular flexibility index (Phi) is 4.80. The average Bonchev–Trinajstić information content (AvgIpc) is 2.73. The third-order valence-corrected chi connectivity index (χ3v) is 4.37. The van der Waals surface area contributed by atoms with Gasteiger partial charge in [-0.3, -0.25) is 9.69 Å². The van der Waals surface area contributed by atoms with Crippen LogP contribution in [0.15, 0.2) is 0 Å². The number of aliphatic carboxylic acids is 1. The summed E-state index contributed by atoms with van der Waals surface area (Å²) in [6.07, 6.45) is 6.14. The molecule has 2 rings (SSSR count). The van der Waals surface area contributed by atoms with Gasteiger partial charge in [-0.25, -0.2) is 4.79 Å². The van der Waals surface area contributed by atoms with Crippen molar-refractivity contribution in [3.05, 3.63) is 0 Å². The molecule has 0 spiro atoms. The third kappa shape index (κ3) is 3.26. The Morgan fingerprint density at radius 3 is 2.26 bits per heavy atom. The zero-order valence-corrected chi connectivity index (χ0v) is 11.7. The predicted octanol–water partition coefficient (Wildman–Crippen LogP) is 1.33. The first-order chi connectivity index (χ1) is 9.11. The van der Waals surface area contributed by atoms with E-state index in [4.69, 9.17) is 5.11 Å². The molecule has 2 fully saturated rings. The van der Waals surface area contributed by atoms with Crippen LogP contribution in [0.4, 0.5) is 0 Å². The van der Waals surface area contributed by atoms with E-state index in [0.717, 1.165) is 32.4 Å². The second-order valence-electron chi connectivity index (χ2n) is 5.65. The highest BCUT2D eigenvalue weighted by Crippen LogP contribution is 2.21. The zero-order chi connectivity index (χ0) is 13.8. The van der Waals surface area contributed by atoms with Gasteiger partial charge in [0.25, 0.3) is 0 Å². The first-order valence-electron chi connectivity index (χ1n) is 7.38. The Balaban J connectivity index is 1.99. The molecule has 0 aromatic rings. The molecular weight excluding hydrogens is 244 g/mol. The first kappa shape index (κ1) is 14.3. The molecule has 2 heterocycles. The summed E-state index contributed by atoms with van der Waals surface area (Å²) < 4.78 is 0. The standard InChI is InChI=1S/C14H24N2O3/c1-11(15-8-4-2-3-5-9-15)13(17)16-10-6-7-12(16)14(18)19/h11-12H,2-10H2,1H3,(H,18,19)/t11?,12-/m0/s1. The van der Waals surface area contributed by atoms with Gasteiger partial charge < -0.3 is 10.0 Å². The van der Waals surface area contributed by atoms with Crippen LogP contribution in [0.1, 0.15) is 45.4 Å². The van der Waals surface area contributed by atoms with Gasteiger partial charge in [0.1, 0.15) is 6.04 Å². The summed E-state index contributed by atoms with van der Waals surface area (Å²) in [5.41, 5.74) is 0. The molecule has 0 bridgehead atoms. The highest BCUT2D eigenvalue weighted by Gasteiger charge is 2.37. The van der Waals surface area contributed by atoms with E-state index in [9.17, 15) is 9.59 Å². The lowest BCUT2D eigenvalue weighted by Gasteiger charge is -2.31. The molecule has 0 aliphatic carbocycles. The molecule has 5 heteroatoms. The number of likely N-dealkylation sites (tertiary alicyclic amines) is 2. The highest BCUT2D eigenvalue weighted by molar-refractivity contribution is 5.87. The summed E-state index contributed by atoms with van der Waals surface area (Å²) in [7, 11) is 0. The largest absolute Gasteiger partial charge is 0.480 e. The lowest BCUT2D eigenvalue weighted by Crippen LogP contribution is -2.50. The molecule has 2 saturated heterocycles. The summed E-state index contributed by atoms with van der Waals surface area (Å²) in [4.78, 5) is 27.4. The Morgan fingerprint density at radius 1 is 1.05 bits per heavy atom. The van der Waals surface area contributed by atoms with Crippen LogP contribution < -0.4 is 0 Å². The molecule has 19 heavy (non-hydrogen) atoms. The van der Waals surface area contributed by atoms with Crippen LogP contribution >= 0.6 is 0 Å². The van der Waals surface area contributed by atoms with Gasteiger partial charge in [-0.05, 0) is 45.7 Å². The van der Waals surface area contributed by atoms with Gasteiger partial charge in [0.05, 0.1) is 6.04 Å². The second kappa shape index (κ2) is 6.37. The number of carboxylic acid groups (broad SMARTS) is 1. The molecule has 0 radical (unpaired) electrons. The van der Waals surface area contributed by atoms with Crippen molar-refractivity contribution in [1.29, 1.82) is 0 Å². The fourth-order valence-corrected chi connectivity index (χ4v) is 3.17. The van der Waals surface area contributed by atoms with Gasteiger partial charge in [-0.15, -0.1) is 0 Å². The molecule has 2 aliphatic heterocycles. The molecule has 0 aromatic heterocycles. The number of nitrogens with zero attached hydrogens (tertiary/aromatic N) is 2. The van der Waals surface area contributed by atoms with Crippen LogP contribution in [-0.4, -0.2) is 58.5 Å². The van der Waals surface area contributed by atoms with Crippen molar-refractivity contribution in [3.8, 4) is 0 Å². The zero-order valence-electron chi connectivity index (χ0n) is 11.7. The van der Waals surface area contributed by atoms with Crippen molar-refractivity contribution < 1.29 is 14.7 Å². The van der Waals surface area contributed by atoms with E-state index in [1.165, 1.54) is 12.8 Å². The third-order valence-electron chi connectivity index (χ3n) is 4.37. The molecule has 0 aromatic carbocycles. The van der Waals surface area contributed by atoms with Crippen molar-refractivity contribution in [2.45, 2.75) is 57.5 Å². The van der Waals surface area contributed by atoms with Gasteiger partial charge >= 0.3 is 5.97 Å². The van der Waals surface area contributed by atoms with E-state index in [1.807, 2.05) is 6.92 Å². The summed E-state index contributed by atoms with van der Waals surface area (Å²) in [6.45, 7) is 4.43. The Hall–Kier alpha value is -1.10. The van der Waals surface area contributed by atoms with Crippen LogP contribution in [-0.2, 0) is 9.59 Å². The minimum Gasteiger partial charge on any atom is -0.480 e. The van der Waals surface area contributed by atoms with Crippen LogP contribution in [0, 0.1) is 0 Å². The molecule has 2 atom stereocenters. The van der Waals surface area contributed by atoms with E-state index in [2.05, 4.69) is 4.90 Å². The van der Waals surface area contributed by atoms with E-state index in [0.29, 0.717) is 13.0 Å². The number of hydrogen-bond acceptors (Lipinski definition) is 3. The fourth-order valence-electron chi connectivity index (χ4n) is 3.17. The Morgan fingerprint density at radius 2 is 1.68 bits per heavy atom. The van der Waals surface area contributed by atoms with Crippen molar-refractivity contribution in [2.75, 3.05) is 19.6 Å². The van der Waals surface area contributed by atoms with Crippen molar-refractivity contribution in [1.82, 2.24) is 9.80 Å². The predicted molar refractivity (Wildman–Crippen MR) is 71.9 cm³/mol. The topological polar surface area (TPSA) is 60.9 Å². The summed E-state index contributed by atoms with van der Waals surface area (Å²) in [5.74, 6) is -0.874. The number of carbonyl (C=O) groups excluding carboxylic acids is 1. The molecule has 5 nitrogen and oxygen atoms in total. The average molecular weight is 268 g/mol. The minimum absolute atomic E-state index is 0.00759. The number of hydrogen-bond donors (Lipinski definition) is 1. The van der Waals surface area contributed by atoms with Gasteiger partial charge in [0, 0.05) is 6.54 Å². The smallest absolute Gasteiger partial charge is 0.326 e. The Labute approximate surface area is 114 Å². The van der Waals surface area contributed by atoms with Gasteiger partial charge in [0.2, 0.25) is 5.91 Å². The maximum atomic E-state index is 12.5. The Bertz CT molecular complexity index is 338. The van der Waals surface area contributed by atoms with E-state index in [1.54, 1.807) is 4.90 Å². The van der Waals surface area contributed by atoms with Crippen molar-refractivity contribution in [3.63, 3.8) is 0 Å². The summed E-state index contributed by atoms with van der Waals surface area (Å²) >= 11 is 0. The summed E-state index contributed by atoms with van der Waals surface area (Å²) in [5, 5.41) is 9.16. The summed E-state index contributed by atoms with van der Waals surface area (Å²) in [6, 6.07) is -0.792. The van der Waals surface area contributed by atoms with Gasteiger partial charge in [0.15, 0.2) is 0 Å². The number of carboxylic acids is 1. The molecule has 1 N–H and O–H groups in total. The maximum absolute atomic E-state index is 12.5. The highest BCUT2D eigenvalue weighted by atomic mass is 16.4. The lowest BCUT2D eigenvalue weighted by molar-refractivity contribution is -0.150. The molecular formula is C14H24N2O3. The quantitative estimate of drug-likeness (QED) is 0.839. The van der Waals surface area contributed by atoms with Crippen LogP contribution in [0.5, 0.6) is 0 Å².